The normalized spacial score (nSPS) is 26.1. The van der Waals surface area contributed by atoms with Gasteiger partial charge in [0.15, 0.2) is 10.9 Å². The lowest BCUT2D eigenvalue weighted by Crippen LogP contribution is -2.72. The quantitative estimate of drug-likeness (QED) is 0.476. The number of rotatable bonds is 3. The van der Waals surface area contributed by atoms with Crippen molar-refractivity contribution in [3.05, 3.63) is 56.7 Å². The molecule has 10 heteroatoms. The maximum absolute atomic E-state index is 13.7. The largest absolute Gasteiger partial charge is 0.437 e. The summed E-state index contributed by atoms with van der Waals surface area (Å²) in [5.41, 5.74) is -3.09. The third-order valence-corrected chi connectivity index (χ3v) is 5.71. The van der Waals surface area contributed by atoms with Crippen LogP contribution in [0.25, 0.3) is 0 Å². The molecular formula is C16H12BrF3N2O2S2. The molecule has 3 atom stereocenters. The Bertz CT molecular complexity index is 827. The Morgan fingerprint density at radius 2 is 1.92 bits per heavy atom. The summed E-state index contributed by atoms with van der Waals surface area (Å²) in [4.78, 5) is 13.0. The van der Waals surface area contributed by atoms with Gasteiger partial charge in [-0.05, 0) is 41.4 Å². The van der Waals surface area contributed by atoms with Gasteiger partial charge >= 0.3 is 6.18 Å². The summed E-state index contributed by atoms with van der Waals surface area (Å²) in [7, 11) is 0. The van der Waals surface area contributed by atoms with Gasteiger partial charge in [-0.15, -0.1) is 11.3 Å². The molecule has 138 valence electrons. The Balaban J connectivity index is 2.14. The first-order valence-corrected chi connectivity index (χ1v) is 9.42. The molecule has 1 aromatic heterocycles. The van der Waals surface area contributed by atoms with Crippen LogP contribution in [0.1, 0.15) is 21.3 Å². The van der Waals surface area contributed by atoms with E-state index in [0.717, 1.165) is 15.8 Å². The third kappa shape index (κ3) is 3.38. The molecule has 1 aromatic carbocycles. The lowest BCUT2D eigenvalue weighted by Gasteiger charge is -2.46. The summed E-state index contributed by atoms with van der Waals surface area (Å²) in [6, 6.07) is 8.26. The van der Waals surface area contributed by atoms with E-state index in [1.165, 1.54) is 6.07 Å². The van der Waals surface area contributed by atoms with Crippen molar-refractivity contribution in [1.82, 2.24) is 10.6 Å². The van der Waals surface area contributed by atoms with Crippen LogP contribution in [0.5, 0.6) is 0 Å². The van der Waals surface area contributed by atoms with Gasteiger partial charge in [0, 0.05) is 4.47 Å². The average molecular weight is 465 g/mol. The van der Waals surface area contributed by atoms with Crippen molar-refractivity contribution in [2.45, 2.75) is 17.9 Å². The molecule has 1 aliphatic heterocycles. The molecule has 0 aliphatic carbocycles. The van der Waals surface area contributed by atoms with E-state index in [1.54, 1.807) is 35.7 Å². The number of thiophene rings is 1. The number of aliphatic hydroxyl groups is 1. The second-order valence-corrected chi connectivity index (χ2v) is 7.98. The van der Waals surface area contributed by atoms with Crippen molar-refractivity contribution in [2.75, 3.05) is 0 Å². The van der Waals surface area contributed by atoms with E-state index in [-0.39, 0.29) is 9.99 Å². The highest BCUT2D eigenvalue weighted by Crippen LogP contribution is 2.44. The minimum atomic E-state index is -5.12. The number of hydrogen-bond acceptors (Lipinski definition) is 4. The first kappa shape index (κ1) is 19.3. The van der Waals surface area contributed by atoms with Gasteiger partial charge in [0.1, 0.15) is 5.92 Å². The molecule has 1 fully saturated rings. The molecular weight excluding hydrogens is 453 g/mol. The number of ketones is 1. The van der Waals surface area contributed by atoms with Crippen LogP contribution in [0.3, 0.4) is 0 Å². The van der Waals surface area contributed by atoms with E-state index >= 15 is 0 Å². The van der Waals surface area contributed by atoms with Gasteiger partial charge < -0.3 is 15.7 Å². The molecule has 0 spiro atoms. The highest BCUT2D eigenvalue weighted by Gasteiger charge is 2.65. The maximum Gasteiger partial charge on any atom is 0.437 e. The van der Waals surface area contributed by atoms with Crippen LogP contribution in [0.4, 0.5) is 13.2 Å². The van der Waals surface area contributed by atoms with E-state index in [1.807, 2.05) is 5.32 Å². The Hall–Kier alpha value is -1.49. The lowest BCUT2D eigenvalue weighted by atomic mass is 9.79. The van der Waals surface area contributed by atoms with Gasteiger partial charge in [0.05, 0.1) is 10.9 Å². The van der Waals surface area contributed by atoms with E-state index in [9.17, 15) is 23.1 Å². The summed E-state index contributed by atoms with van der Waals surface area (Å²) < 4.78 is 42.0. The molecule has 1 saturated heterocycles. The van der Waals surface area contributed by atoms with Gasteiger partial charge in [0.25, 0.3) is 0 Å². The molecule has 4 nitrogen and oxygen atoms in total. The molecule has 0 saturated carbocycles. The fourth-order valence-electron chi connectivity index (χ4n) is 2.86. The molecule has 0 radical (unpaired) electrons. The van der Waals surface area contributed by atoms with Crippen LogP contribution in [-0.2, 0) is 0 Å². The van der Waals surface area contributed by atoms with Crippen LogP contribution in [0.2, 0.25) is 0 Å². The molecule has 26 heavy (non-hydrogen) atoms. The average Bonchev–Trinajstić information content (AvgIpc) is 3.08. The molecule has 2 aromatic rings. The number of nitrogens with one attached hydrogen (secondary N) is 2. The number of thiocarbonyl (C=S) groups is 1. The second kappa shape index (κ2) is 6.91. The third-order valence-electron chi connectivity index (χ3n) is 4.08. The van der Waals surface area contributed by atoms with Crippen molar-refractivity contribution in [3.8, 4) is 0 Å². The van der Waals surface area contributed by atoms with Crippen LogP contribution in [0.15, 0.2) is 46.3 Å². The van der Waals surface area contributed by atoms with Gasteiger partial charge in [-0.1, -0.05) is 34.1 Å². The number of alkyl halides is 3. The number of benzene rings is 1. The van der Waals surface area contributed by atoms with Crippen molar-refractivity contribution >= 4 is 50.4 Å². The monoisotopic (exact) mass is 464 g/mol. The van der Waals surface area contributed by atoms with E-state index < -0.39 is 29.6 Å². The predicted molar refractivity (Wildman–Crippen MR) is 98.9 cm³/mol. The molecule has 2 heterocycles. The SMILES string of the molecule is O=C(c1cccs1)[C@@H]1[C@@H](c2ccc(Br)cc2)NC(=S)N[C@]1(O)C(F)(F)F. The molecule has 1 aliphatic rings. The van der Waals surface area contributed by atoms with E-state index in [0.29, 0.717) is 5.56 Å². The first-order chi connectivity index (χ1) is 12.1. The smallest absolute Gasteiger partial charge is 0.363 e. The highest BCUT2D eigenvalue weighted by molar-refractivity contribution is 9.10. The molecule has 0 amide bonds. The van der Waals surface area contributed by atoms with Crippen molar-refractivity contribution in [1.29, 1.82) is 0 Å². The summed E-state index contributed by atoms with van der Waals surface area (Å²) in [5.74, 6) is -2.69. The summed E-state index contributed by atoms with van der Waals surface area (Å²) in [5, 5.41) is 16.3. The predicted octanol–water partition coefficient (Wildman–Crippen LogP) is 3.78. The van der Waals surface area contributed by atoms with Crippen molar-refractivity contribution in [3.63, 3.8) is 0 Å². The minimum absolute atomic E-state index is 0.121. The first-order valence-electron chi connectivity index (χ1n) is 7.34. The number of hydrogen-bond donors (Lipinski definition) is 3. The van der Waals surface area contributed by atoms with Gasteiger partial charge in [-0.25, -0.2) is 0 Å². The zero-order valence-electron chi connectivity index (χ0n) is 12.9. The highest BCUT2D eigenvalue weighted by atomic mass is 79.9. The summed E-state index contributed by atoms with van der Waals surface area (Å²) in [6.45, 7) is 0. The Labute approximate surface area is 164 Å². The summed E-state index contributed by atoms with van der Waals surface area (Å²) >= 11 is 9.14. The Kier molecular flexibility index (Phi) is 5.13. The van der Waals surface area contributed by atoms with Crippen molar-refractivity contribution in [2.24, 2.45) is 5.92 Å². The van der Waals surface area contributed by atoms with Crippen molar-refractivity contribution < 1.29 is 23.1 Å². The zero-order chi connectivity index (χ0) is 19.1. The molecule has 3 rings (SSSR count). The second-order valence-electron chi connectivity index (χ2n) is 5.71. The maximum atomic E-state index is 13.7. The van der Waals surface area contributed by atoms with Crippen LogP contribution >= 0.6 is 39.5 Å². The van der Waals surface area contributed by atoms with Crippen LogP contribution in [-0.4, -0.2) is 27.9 Å². The van der Waals surface area contributed by atoms with Gasteiger partial charge in [-0.3, -0.25) is 4.79 Å². The lowest BCUT2D eigenvalue weighted by molar-refractivity contribution is -0.285. The fourth-order valence-corrected chi connectivity index (χ4v) is 4.11. The van der Waals surface area contributed by atoms with Crippen LogP contribution in [0, 0.1) is 5.92 Å². The minimum Gasteiger partial charge on any atom is -0.363 e. The molecule has 0 unspecified atom stereocenters. The zero-order valence-corrected chi connectivity index (χ0v) is 16.1. The molecule has 3 N–H and O–H groups in total. The standard InChI is InChI=1S/C16H12BrF3N2O2S2/c17-9-5-3-8(4-6-9)12-11(13(23)10-2-1-7-26-10)15(24,16(18,19)20)22-14(25)21-12/h1-7,11-12,24H,(H2,21,22,25)/t11-,12+,15+/m0/s1. The number of carbonyl (C=O) groups excluding carboxylic acids is 1. The molecule has 0 bridgehead atoms. The van der Waals surface area contributed by atoms with Gasteiger partial charge in [-0.2, -0.15) is 13.2 Å². The number of carbonyl (C=O) groups is 1. The van der Waals surface area contributed by atoms with E-state index in [4.69, 9.17) is 12.2 Å². The summed E-state index contributed by atoms with van der Waals surface area (Å²) in [6.07, 6.45) is -5.12. The fraction of sp³-hybridized carbons (Fsp3) is 0.250. The van der Waals surface area contributed by atoms with E-state index in [2.05, 4.69) is 21.2 Å². The Morgan fingerprint density at radius 1 is 1.27 bits per heavy atom. The van der Waals surface area contributed by atoms with Crippen LogP contribution < -0.4 is 10.6 Å². The topological polar surface area (TPSA) is 61.4 Å². The van der Waals surface area contributed by atoms with Gasteiger partial charge in [0.2, 0.25) is 5.72 Å². The number of Topliss-reactive ketones (excluding diaryl/α,β-unsaturated/α-hetero) is 1. The Morgan fingerprint density at radius 3 is 2.46 bits per heavy atom. The number of halogens is 4.